The van der Waals surface area contributed by atoms with Gasteiger partial charge >= 0.3 is 0 Å². The van der Waals surface area contributed by atoms with Gasteiger partial charge in [-0.3, -0.25) is 15.6 Å². The molecular weight excluding hydrogens is 433 g/mol. The van der Waals surface area contributed by atoms with E-state index in [9.17, 15) is 9.18 Å². The quantitative estimate of drug-likeness (QED) is 0.436. The molecule has 2 aromatic carbocycles. The van der Waals surface area contributed by atoms with E-state index in [0.29, 0.717) is 29.7 Å². The van der Waals surface area contributed by atoms with Crippen molar-refractivity contribution in [1.29, 1.82) is 0 Å². The fourth-order valence-electron chi connectivity index (χ4n) is 4.16. The van der Waals surface area contributed by atoms with Gasteiger partial charge in [0.05, 0.1) is 18.4 Å². The first-order chi connectivity index (χ1) is 16.5. The molecule has 0 spiro atoms. The Balaban J connectivity index is 1.31. The van der Waals surface area contributed by atoms with Crippen LogP contribution in [0.2, 0.25) is 0 Å². The zero-order valence-electron chi connectivity index (χ0n) is 19.4. The van der Waals surface area contributed by atoms with Crippen molar-refractivity contribution in [3.8, 4) is 5.75 Å². The van der Waals surface area contributed by atoms with Crippen LogP contribution in [0.5, 0.6) is 5.75 Å². The summed E-state index contributed by atoms with van der Waals surface area (Å²) in [6.45, 7) is 0.626. The number of nitrogens with one attached hydrogen (secondary N) is 3. The lowest BCUT2D eigenvalue weighted by Crippen LogP contribution is -2.32. The number of para-hydroxylation sites is 2. The minimum Gasteiger partial charge on any atom is -0.495 e. The largest absolute Gasteiger partial charge is 0.495 e. The standard InChI is InChI=1S/C26H30FN5O2/c1-32(16-6-7-20-17-23(31-30-20)18-11-13-19(27)14-12-18)26(33)21-8-5-15-28-25(21)29-22-9-3-4-10-24(22)34-2/h3-5,8-15,20,23,30-31H,6-7,16-17H2,1-2H3,(H,28,29). The molecule has 0 aliphatic carbocycles. The van der Waals surface area contributed by atoms with Crippen molar-refractivity contribution >= 4 is 17.4 Å². The Kier molecular flexibility index (Phi) is 7.72. The Hall–Kier alpha value is -3.49. The second-order valence-electron chi connectivity index (χ2n) is 8.42. The van der Waals surface area contributed by atoms with Crippen molar-refractivity contribution in [2.24, 2.45) is 0 Å². The smallest absolute Gasteiger partial charge is 0.257 e. The summed E-state index contributed by atoms with van der Waals surface area (Å²) in [5, 5.41) is 3.23. The summed E-state index contributed by atoms with van der Waals surface area (Å²) in [5.74, 6) is 0.852. The predicted octanol–water partition coefficient (Wildman–Crippen LogP) is 4.43. The molecule has 2 atom stereocenters. The molecule has 1 aromatic heterocycles. The van der Waals surface area contributed by atoms with Gasteiger partial charge in [0.2, 0.25) is 0 Å². The first-order valence-corrected chi connectivity index (χ1v) is 11.4. The highest BCUT2D eigenvalue weighted by Crippen LogP contribution is 2.28. The van der Waals surface area contributed by atoms with Gasteiger partial charge in [0.25, 0.3) is 5.91 Å². The third-order valence-corrected chi connectivity index (χ3v) is 6.05. The molecule has 0 saturated carbocycles. The average Bonchev–Trinajstić information content (AvgIpc) is 3.33. The summed E-state index contributed by atoms with van der Waals surface area (Å²) in [4.78, 5) is 19.3. The molecular formula is C26H30FN5O2. The Morgan fingerprint density at radius 2 is 1.94 bits per heavy atom. The average molecular weight is 464 g/mol. The van der Waals surface area contributed by atoms with Crippen molar-refractivity contribution < 1.29 is 13.9 Å². The zero-order chi connectivity index (χ0) is 23.9. The number of hydrogen-bond donors (Lipinski definition) is 3. The van der Waals surface area contributed by atoms with Gasteiger partial charge < -0.3 is 15.0 Å². The van der Waals surface area contributed by atoms with E-state index in [-0.39, 0.29) is 17.8 Å². The van der Waals surface area contributed by atoms with Gasteiger partial charge in [0, 0.05) is 31.9 Å². The molecule has 1 aliphatic heterocycles. The number of nitrogens with zero attached hydrogens (tertiary/aromatic N) is 2. The van der Waals surface area contributed by atoms with E-state index in [4.69, 9.17) is 4.74 Å². The zero-order valence-corrected chi connectivity index (χ0v) is 19.4. The molecule has 0 radical (unpaired) electrons. The van der Waals surface area contributed by atoms with E-state index in [0.717, 1.165) is 30.5 Å². The number of hydrazine groups is 1. The van der Waals surface area contributed by atoms with Crippen LogP contribution in [0.3, 0.4) is 0 Å². The van der Waals surface area contributed by atoms with Crippen LogP contribution < -0.4 is 20.9 Å². The van der Waals surface area contributed by atoms with E-state index in [1.54, 1.807) is 30.3 Å². The molecule has 8 heteroatoms. The number of carbonyl (C=O) groups excluding carboxylic acids is 1. The highest BCUT2D eigenvalue weighted by atomic mass is 19.1. The van der Waals surface area contributed by atoms with Crippen molar-refractivity contribution in [1.82, 2.24) is 20.7 Å². The van der Waals surface area contributed by atoms with Crippen LogP contribution in [0, 0.1) is 5.82 Å². The summed E-state index contributed by atoms with van der Waals surface area (Å²) in [6.07, 6.45) is 4.35. The van der Waals surface area contributed by atoms with Crippen LogP contribution in [0.25, 0.3) is 0 Å². The fourth-order valence-corrected chi connectivity index (χ4v) is 4.16. The lowest BCUT2D eigenvalue weighted by Gasteiger charge is -2.20. The van der Waals surface area contributed by atoms with Gasteiger partial charge in [-0.05, 0) is 61.2 Å². The predicted molar refractivity (Wildman–Crippen MR) is 131 cm³/mol. The number of amides is 1. The lowest BCUT2D eigenvalue weighted by atomic mass is 9.99. The van der Waals surface area contributed by atoms with Crippen LogP contribution in [0.1, 0.15) is 41.2 Å². The number of methoxy groups -OCH3 is 1. The highest BCUT2D eigenvalue weighted by Gasteiger charge is 2.25. The molecule has 3 N–H and O–H groups in total. The first-order valence-electron chi connectivity index (χ1n) is 11.4. The second kappa shape index (κ2) is 11.1. The molecule has 1 saturated heterocycles. The number of ether oxygens (including phenoxy) is 1. The molecule has 178 valence electrons. The van der Waals surface area contributed by atoms with Crippen LogP contribution in [0.15, 0.2) is 66.9 Å². The van der Waals surface area contributed by atoms with Crippen molar-refractivity contribution in [2.75, 3.05) is 26.0 Å². The second-order valence-corrected chi connectivity index (χ2v) is 8.42. The maximum atomic E-state index is 13.2. The Morgan fingerprint density at radius 1 is 1.15 bits per heavy atom. The summed E-state index contributed by atoms with van der Waals surface area (Å²) in [7, 11) is 3.42. The number of pyridine rings is 1. The maximum Gasteiger partial charge on any atom is 0.257 e. The van der Waals surface area contributed by atoms with Crippen LogP contribution in [-0.2, 0) is 0 Å². The minimum atomic E-state index is -0.228. The van der Waals surface area contributed by atoms with Gasteiger partial charge in [-0.15, -0.1) is 0 Å². The molecule has 7 nitrogen and oxygen atoms in total. The summed E-state index contributed by atoms with van der Waals surface area (Å²) < 4.78 is 18.6. The molecule has 34 heavy (non-hydrogen) atoms. The lowest BCUT2D eigenvalue weighted by molar-refractivity contribution is 0.0792. The number of hydrogen-bond acceptors (Lipinski definition) is 6. The monoisotopic (exact) mass is 463 g/mol. The van der Waals surface area contributed by atoms with Crippen LogP contribution >= 0.6 is 0 Å². The first kappa shape index (κ1) is 23.7. The van der Waals surface area contributed by atoms with Crippen molar-refractivity contribution in [3.63, 3.8) is 0 Å². The van der Waals surface area contributed by atoms with E-state index in [1.165, 1.54) is 12.1 Å². The van der Waals surface area contributed by atoms with E-state index >= 15 is 0 Å². The van der Waals surface area contributed by atoms with Gasteiger partial charge in [-0.2, -0.15) is 0 Å². The maximum absolute atomic E-state index is 13.2. The SMILES string of the molecule is COc1ccccc1Nc1ncccc1C(=O)N(C)CCCC1CC(c2ccc(F)cc2)NN1. The fraction of sp³-hybridized carbons (Fsp3) is 0.308. The van der Waals surface area contributed by atoms with Gasteiger partial charge in [0.15, 0.2) is 0 Å². The topological polar surface area (TPSA) is 78.5 Å². The number of benzene rings is 2. The van der Waals surface area contributed by atoms with Crippen LogP contribution in [0.4, 0.5) is 15.9 Å². The summed E-state index contributed by atoms with van der Waals surface area (Å²) in [5.41, 5.74) is 8.93. The van der Waals surface area contributed by atoms with E-state index in [1.807, 2.05) is 43.4 Å². The Morgan fingerprint density at radius 3 is 2.74 bits per heavy atom. The Labute approximate surface area is 199 Å². The molecule has 1 aliphatic rings. The third kappa shape index (κ3) is 5.70. The number of aromatic nitrogens is 1. The van der Waals surface area contributed by atoms with E-state index in [2.05, 4.69) is 21.2 Å². The van der Waals surface area contributed by atoms with Gasteiger partial charge in [-0.1, -0.05) is 24.3 Å². The molecule has 0 bridgehead atoms. The van der Waals surface area contributed by atoms with E-state index < -0.39 is 0 Å². The number of halogens is 1. The summed E-state index contributed by atoms with van der Waals surface area (Å²) >= 11 is 0. The number of carbonyl (C=O) groups is 1. The molecule has 3 aromatic rings. The van der Waals surface area contributed by atoms with Crippen molar-refractivity contribution in [2.45, 2.75) is 31.3 Å². The number of rotatable bonds is 9. The normalized spacial score (nSPS) is 17.4. The minimum absolute atomic E-state index is 0.0906. The summed E-state index contributed by atoms with van der Waals surface area (Å²) in [6, 6.07) is 18.1. The molecule has 2 heterocycles. The third-order valence-electron chi connectivity index (χ3n) is 6.05. The Bertz CT molecular complexity index is 1110. The highest BCUT2D eigenvalue weighted by molar-refractivity contribution is 5.99. The molecule has 1 fully saturated rings. The van der Waals surface area contributed by atoms with Crippen LogP contribution in [-0.4, -0.2) is 42.5 Å². The molecule has 4 rings (SSSR count). The van der Waals surface area contributed by atoms with Gasteiger partial charge in [0.1, 0.15) is 17.4 Å². The molecule has 2 unspecified atom stereocenters. The molecule has 1 amide bonds. The van der Waals surface area contributed by atoms with Gasteiger partial charge in [-0.25, -0.2) is 9.37 Å². The number of anilines is 2. The van der Waals surface area contributed by atoms with Crippen molar-refractivity contribution in [3.05, 3.63) is 83.8 Å².